The van der Waals surface area contributed by atoms with Gasteiger partial charge in [0.15, 0.2) is 5.82 Å². The molecule has 1 aromatic rings. The molecule has 0 aliphatic rings. The van der Waals surface area contributed by atoms with E-state index in [1.807, 2.05) is 27.7 Å². The zero-order valence-corrected chi connectivity index (χ0v) is 12.4. The van der Waals surface area contributed by atoms with E-state index in [1.165, 1.54) is 0 Å². The molecule has 1 heterocycles. The lowest BCUT2D eigenvalue weighted by Crippen LogP contribution is -2.27. The molecule has 1 aromatic heterocycles. The number of rotatable bonds is 2. The highest BCUT2D eigenvalue weighted by Crippen LogP contribution is 2.29. The Morgan fingerprint density at radius 2 is 1.61 bits per heavy atom. The van der Waals surface area contributed by atoms with Crippen molar-refractivity contribution in [1.82, 2.24) is 9.97 Å². The zero-order valence-electron chi connectivity index (χ0n) is 12.4. The minimum Gasteiger partial charge on any atom is -0.472 e. The molecule has 0 amide bonds. The summed E-state index contributed by atoms with van der Waals surface area (Å²) in [5, 5.41) is 0. The molecule has 5 nitrogen and oxygen atoms in total. The van der Waals surface area contributed by atoms with Gasteiger partial charge in [0.2, 0.25) is 5.88 Å². The van der Waals surface area contributed by atoms with Crippen LogP contribution < -0.4 is 16.0 Å². The number of nitrogen functional groups attached to an aromatic ring is 1. The Kier molecular flexibility index (Phi) is 3.86. The minimum absolute atomic E-state index is 0.157. The van der Waals surface area contributed by atoms with Gasteiger partial charge in [-0.05, 0) is 27.7 Å². The molecule has 0 aliphatic carbocycles. The van der Waals surface area contributed by atoms with Gasteiger partial charge < -0.3 is 10.2 Å². The van der Waals surface area contributed by atoms with Crippen molar-refractivity contribution in [3.63, 3.8) is 0 Å². The fraction of sp³-hybridized carbons (Fsp3) is 0.692. The van der Waals surface area contributed by atoms with Crippen LogP contribution in [0.3, 0.4) is 0 Å². The predicted octanol–water partition coefficient (Wildman–Crippen LogP) is 2.55. The summed E-state index contributed by atoms with van der Waals surface area (Å²) in [4.78, 5) is 8.93. The second kappa shape index (κ2) is 4.72. The van der Waals surface area contributed by atoms with E-state index in [9.17, 15) is 0 Å². The van der Waals surface area contributed by atoms with Crippen molar-refractivity contribution in [2.75, 3.05) is 5.43 Å². The summed E-state index contributed by atoms with van der Waals surface area (Å²) in [5.74, 6) is 7.39. The van der Waals surface area contributed by atoms with Crippen LogP contribution in [-0.2, 0) is 5.41 Å². The Bertz CT molecular complexity index is 430. The number of hydrazine groups is 1. The van der Waals surface area contributed by atoms with Crippen LogP contribution in [0.2, 0.25) is 0 Å². The SMILES string of the molecule is Cc1c(NN)nc(C(C)(C)C)nc1OC(C)(C)C. The Labute approximate surface area is 109 Å². The molecule has 5 heteroatoms. The molecule has 0 spiro atoms. The normalized spacial score (nSPS) is 12.4. The van der Waals surface area contributed by atoms with Crippen LogP contribution in [0.15, 0.2) is 0 Å². The lowest BCUT2D eigenvalue weighted by atomic mass is 9.95. The number of hydrogen-bond donors (Lipinski definition) is 2. The number of hydrogen-bond acceptors (Lipinski definition) is 5. The predicted molar refractivity (Wildman–Crippen MR) is 73.7 cm³/mol. The summed E-state index contributed by atoms with van der Waals surface area (Å²) in [5.41, 5.74) is 2.96. The average molecular weight is 252 g/mol. The van der Waals surface area contributed by atoms with Crippen LogP contribution in [-0.4, -0.2) is 15.6 Å². The molecule has 0 atom stereocenters. The topological polar surface area (TPSA) is 73.1 Å². The Morgan fingerprint density at radius 3 is 2.00 bits per heavy atom. The van der Waals surface area contributed by atoms with Gasteiger partial charge in [-0.3, -0.25) is 0 Å². The standard InChI is InChI=1S/C13H24N4O/c1-8-9(17-14)15-11(12(2,3)4)16-10(8)18-13(5,6)7/h14H2,1-7H3,(H,15,16,17). The summed E-state index contributed by atoms with van der Waals surface area (Å²) >= 11 is 0. The van der Waals surface area contributed by atoms with Crippen molar-refractivity contribution in [1.29, 1.82) is 0 Å². The van der Waals surface area contributed by atoms with Gasteiger partial charge in [-0.1, -0.05) is 20.8 Å². The van der Waals surface area contributed by atoms with Crippen molar-refractivity contribution in [3.8, 4) is 5.88 Å². The first-order valence-electron chi connectivity index (χ1n) is 6.09. The summed E-state index contributed by atoms with van der Waals surface area (Å²) in [7, 11) is 0. The largest absolute Gasteiger partial charge is 0.472 e. The number of anilines is 1. The van der Waals surface area contributed by atoms with E-state index in [2.05, 4.69) is 36.2 Å². The van der Waals surface area contributed by atoms with Crippen LogP contribution in [0.25, 0.3) is 0 Å². The molecular formula is C13H24N4O. The summed E-state index contributed by atoms with van der Waals surface area (Å²) < 4.78 is 5.86. The number of aromatic nitrogens is 2. The van der Waals surface area contributed by atoms with Crippen molar-refractivity contribution in [2.24, 2.45) is 5.84 Å². The maximum atomic E-state index is 5.86. The fourth-order valence-corrected chi connectivity index (χ4v) is 1.36. The molecule has 0 aliphatic heterocycles. The van der Waals surface area contributed by atoms with Crippen LogP contribution in [0.1, 0.15) is 52.9 Å². The van der Waals surface area contributed by atoms with Gasteiger partial charge in [0.1, 0.15) is 11.4 Å². The number of nitrogens with two attached hydrogens (primary N) is 1. The lowest BCUT2D eigenvalue weighted by Gasteiger charge is -2.25. The maximum absolute atomic E-state index is 5.86. The first-order chi connectivity index (χ1) is 8.04. The second-order valence-electron chi connectivity index (χ2n) is 6.43. The van der Waals surface area contributed by atoms with Crippen LogP contribution in [0, 0.1) is 6.92 Å². The van der Waals surface area contributed by atoms with Crippen LogP contribution in [0.4, 0.5) is 5.82 Å². The molecule has 0 radical (unpaired) electrons. The number of nitrogens with zero attached hydrogens (tertiary/aromatic N) is 2. The van der Waals surface area contributed by atoms with Crippen LogP contribution in [0.5, 0.6) is 5.88 Å². The van der Waals surface area contributed by atoms with E-state index in [0.29, 0.717) is 17.5 Å². The van der Waals surface area contributed by atoms with Gasteiger partial charge >= 0.3 is 0 Å². The molecule has 18 heavy (non-hydrogen) atoms. The number of nitrogens with one attached hydrogen (secondary N) is 1. The molecule has 0 saturated carbocycles. The summed E-state index contributed by atoms with van der Waals surface area (Å²) in [6.07, 6.45) is 0. The Hall–Kier alpha value is -1.36. The second-order valence-corrected chi connectivity index (χ2v) is 6.43. The van der Waals surface area contributed by atoms with E-state index < -0.39 is 0 Å². The molecule has 102 valence electrons. The zero-order chi connectivity index (χ0) is 14.1. The highest BCUT2D eigenvalue weighted by molar-refractivity contribution is 5.48. The van der Waals surface area contributed by atoms with E-state index >= 15 is 0 Å². The highest BCUT2D eigenvalue weighted by Gasteiger charge is 2.23. The van der Waals surface area contributed by atoms with E-state index in [1.54, 1.807) is 0 Å². The third-order valence-electron chi connectivity index (χ3n) is 2.31. The minimum atomic E-state index is -0.305. The van der Waals surface area contributed by atoms with Crippen molar-refractivity contribution >= 4 is 5.82 Å². The molecule has 3 N–H and O–H groups in total. The van der Waals surface area contributed by atoms with Gasteiger partial charge in [-0.2, -0.15) is 4.98 Å². The molecule has 0 bridgehead atoms. The van der Waals surface area contributed by atoms with E-state index in [4.69, 9.17) is 10.6 Å². The Morgan fingerprint density at radius 1 is 1.06 bits per heavy atom. The summed E-state index contributed by atoms with van der Waals surface area (Å²) in [6, 6.07) is 0. The first-order valence-corrected chi connectivity index (χ1v) is 6.09. The highest BCUT2D eigenvalue weighted by atomic mass is 16.5. The fourth-order valence-electron chi connectivity index (χ4n) is 1.36. The lowest BCUT2D eigenvalue weighted by molar-refractivity contribution is 0.122. The van der Waals surface area contributed by atoms with Crippen molar-refractivity contribution in [3.05, 3.63) is 11.4 Å². The van der Waals surface area contributed by atoms with Gasteiger partial charge in [-0.15, -0.1) is 0 Å². The maximum Gasteiger partial charge on any atom is 0.222 e. The quantitative estimate of drug-likeness (QED) is 0.625. The van der Waals surface area contributed by atoms with Gasteiger partial charge in [0.05, 0.1) is 5.56 Å². The number of ether oxygens (including phenoxy) is 1. The molecule has 0 aromatic carbocycles. The molecule has 1 rings (SSSR count). The average Bonchev–Trinajstić information content (AvgIpc) is 2.17. The van der Waals surface area contributed by atoms with Crippen molar-refractivity contribution in [2.45, 2.75) is 59.5 Å². The third-order valence-corrected chi connectivity index (χ3v) is 2.31. The summed E-state index contributed by atoms with van der Waals surface area (Å²) in [6.45, 7) is 14.0. The molecule has 0 unspecified atom stereocenters. The molecular weight excluding hydrogens is 228 g/mol. The van der Waals surface area contributed by atoms with E-state index in [0.717, 1.165) is 5.56 Å². The van der Waals surface area contributed by atoms with Crippen molar-refractivity contribution < 1.29 is 4.74 Å². The van der Waals surface area contributed by atoms with Gasteiger partial charge in [-0.25, -0.2) is 10.8 Å². The molecule has 0 fully saturated rings. The smallest absolute Gasteiger partial charge is 0.222 e. The first kappa shape index (κ1) is 14.7. The van der Waals surface area contributed by atoms with E-state index in [-0.39, 0.29) is 11.0 Å². The Balaban J connectivity index is 3.32. The van der Waals surface area contributed by atoms with Crippen LogP contribution >= 0.6 is 0 Å². The van der Waals surface area contributed by atoms with Gasteiger partial charge in [0.25, 0.3) is 0 Å². The van der Waals surface area contributed by atoms with Gasteiger partial charge in [0, 0.05) is 5.41 Å². The monoisotopic (exact) mass is 252 g/mol. The molecule has 0 saturated heterocycles. The third kappa shape index (κ3) is 3.57.